The summed E-state index contributed by atoms with van der Waals surface area (Å²) in [7, 11) is 2.03. The largest absolute Gasteiger partial charge is 0.513 e. The SMILES string of the molecule is C=CCN(C)CCCC(=C)O. The Labute approximate surface area is 68.8 Å². The molecule has 0 aliphatic heterocycles. The maximum absolute atomic E-state index is 8.76. The minimum absolute atomic E-state index is 0.275. The summed E-state index contributed by atoms with van der Waals surface area (Å²) in [6, 6.07) is 0. The first-order valence-corrected chi connectivity index (χ1v) is 3.83. The van der Waals surface area contributed by atoms with Gasteiger partial charge in [0, 0.05) is 13.0 Å². The molecule has 0 fully saturated rings. The number of hydrogen-bond donors (Lipinski definition) is 1. The summed E-state index contributed by atoms with van der Waals surface area (Å²) in [5, 5.41) is 8.76. The summed E-state index contributed by atoms with van der Waals surface area (Å²) in [5.41, 5.74) is 0. The van der Waals surface area contributed by atoms with Crippen molar-refractivity contribution in [2.45, 2.75) is 12.8 Å². The highest BCUT2D eigenvalue weighted by Gasteiger charge is 1.95. The molecule has 0 aliphatic rings. The lowest BCUT2D eigenvalue weighted by molar-refractivity contribution is 0.337. The molecule has 1 N–H and O–H groups in total. The van der Waals surface area contributed by atoms with Crippen molar-refractivity contribution >= 4 is 0 Å². The highest BCUT2D eigenvalue weighted by atomic mass is 16.3. The summed E-state index contributed by atoms with van der Waals surface area (Å²) >= 11 is 0. The van der Waals surface area contributed by atoms with Crippen molar-refractivity contribution in [1.29, 1.82) is 0 Å². The molecule has 0 rings (SSSR count). The van der Waals surface area contributed by atoms with Crippen LogP contribution >= 0.6 is 0 Å². The Bertz CT molecular complexity index is 132. The van der Waals surface area contributed by atoms with Gasteiger partial charge in [0.25, 0.3) is 0 Å². The topological polar surface area (TPSA) is 23.5 Å². The fourth-order valence-electron chi connectivity index (χ4n) is 0.865. The molecule has 0 spiro atoms. The van der Waals surface area contributed by atoms with Crippen LogP contribution < -0.4 is 0 Å². The van der Waals surface area contributed by atoms with Gasteiger partial charge in [-0.25, -0.2) is 0 Å². The average Bonchev–Trinajstić information content (AvgIpc) is 1.87. The molecule has 2 nitrogen and oxygen atoms in total. The molecule has 0 radical (unpaired) electrons. The Morgan fingerprint density at radius 1 is 1.64 bits per heavy atom. The molecule has 64 valence electrons. The number of nitrogens with zero attached hydrogens (tertiary/aromatic N) is 1. The molecule has 0 aromatic rings. The highest BCUT2D eigenvalue weighted by molar-refractivity contribution is 4.79. The third kappa shape index (κ3) is 7.13. The molecule has 0 aliphatic carbocycles. The van der Waals surface area contributed by atoms with Gasteiger partial charge >= 0.3 is 0 Å². The molecule has 11 heavy (non-hydrogen) atoms. The van der Waals surface area contributed by atoms with Crippen molar-refractivity contribution < 1.29 is 5.11 Å². The number of likely N-dealkylation sites (N-methyl/N-ethyl adjacent to an activating group) is 1. The number of aliphatic hydroxyl groups is 1. The molecule has 0 amide bonds. The van der Waals surface area contributed by atoms with Crippen molar-refractivity contribution in [1.82, 2.24) is 4.90 Å². The van der Waals surface area contributed by atoms with Crippen LogP contribution in [0.3, 0.4) is 0 Å². The lowest BCUT2D eigenvalue weighted by atomic mass is 10.3. The third-order valence-corrected chi connectivity index (χ3v) is 1.45. The zero-order valence-electron chi connectivity index (χ0n) is 7.21. The minimum Gasteiger partial charge on any atom is -0.513 e. The smallest absolute Gasteiger partial charge is 0.0851 e. The monoisotopic (exact) mass is 155 g/mol. The van der Waals surface area contributed by atoms with Crippen molar-refractivity contribution in [2.75, 3.05) is 20.1 Å². The van der Waals surface area contributed by atoms with Gasteiger partial charge in [-0.2, -0.15) is 0 Å². The molecule has 0 bridgehead atoms. The second-order valence-corrected chi connectivity index (χ2v) is 2.72. The van der Waals surface area contributed by atoms with E-state index in [9.17, 15) is 0 Å². The third-order valence-electron chi connectivity index (χ3n) is 1.45. The zero-order valence-corrected chi connectivity index (χ0v) is 7.21. The second kappa shape index (κ2) is 5.98. The van der Waals surface area contributed by atoms with Crippen LogP contribution in [0.25, 0.3) is 0 Å². The molecule has 2 heteroatoms. The van der Waals surface area contributed by atoms with Gasteiger partial charge in [-0.3, -0.25) is 0 Å². The maximum atomic E-state index is 8.76. The molecule has 0 saturated heterocycles. The summed E-state index contributed by atoms with van der Waals surface area (Å²) in [4.78, 5) is 2.15. The first kappa shape index (κ1) is 10.2. The van der Waals surface area contributed by atoms with Crippen LogP contribution in [-0.4, -0.2) is 30.1 Å². The molecule has 0 aromatic heterocycles. The Balaban J connectivity index is 3.23. The summed E-state index contributed by atoms with van der Waals surface area (Å²) in [5.74, 6) is 0.275. The molecule has 0 aromatic carbocycles. The molecule has 0 saturated carbocycles. The average molecular weight is 155 g/mol. The molecule has 0 unspecified atom stereocenters. The summed E-state index contributed by atoms with van der Waals surface area (Å²) in [6.07, 6.45) is 3.52. The lowest BCUT2D eigenvalue weighted by Gasteiger charge is -2.12. The predicted octanol–water partition coefficient (Wildman–Crippen LogP) is 1.96. The fraction of sp³-hybridized carbons (Fsp3) is 0.556. The van der Waals surface area contributed by atoms with E-state index >= 15 is 0 Å². The normalized spacial score (nSPS) is 10.0. The predicted molar refractivity (Wildman–Crippen MR) is 48.7 cm³/mol. The van der Waals surface area contributed by atoms with Crippen molar-refractivity contribution in [3.05, 3.63) is 25.0 Å². The number of hydrogen-bond acceptors (Lipinski definition) is 2. The van der Waals surface area contributed by atoms with Gasteiger partial charge in [0.05, 0.1) is 5.76 Å². The Morgan fingerprint density at radius 2 is 2.27 bits per heavy atom. The number of aliphatic hydroxyl groups excluding tert-OH is 1. The molecular weight excluding hydrogens is 138 g/mol. The van der Waals surface area contributed by atoms with Crippen LogP contribution in [0.1, 0.15) is 12.8 Å². The number of rotatable bonds is 6. The highest BCUT2D eigenvalue weighted by Crippen LogP contribution is 1.98. The quantitative estimate of drug-likeness (QED) is 0.468. The molecule has 0 atom stereocenters. The Hall–Kier alpha value is -0.760. The van der Waals surface area contributed by atoms with Crippen molar-refractivity contribution in [2.24, 2.45) is 0 Å². The second-order valence-electron chi connectivity index (χ2n) is 2.72. The zero-order chi connectivity index (χ0) is 8.69. The minimum atomic E-state index is 0.275. The van der Waals surface area contributed by atoms with Crippen LogP contribution in [0.5, 0.6) is 0 Å². The van der Waals surface area contributed by atoms with Gasteiger partial charge in [-0.15, -0.1) is 6.58 Å². The van der Waals surface area contributed by atoms with E-state index in [2.05, 4.69) is 18.1 Å². The lowest BCUT2D eigenvalue weighted by Crippen LogP contribution is -2.19. The maximum Gasteiger partial charge on any atom is 0.0851 e. The van der Waals surface area contributed by atoms with E-state index in [1.165, 1.54) is 0 Å². The fourth-order valence-corrected chi connectivity index (χ4v) is 0.865. The number of allylic oxidation sites excluding steroid dienone is 1. The van der Waals surface area contributed by atoms with Gasteiger partial charge in [-0.1, -0.05) is 12.7 Å². The van der Waals surface area contributed by atoms with E-state index in [1.54, 1.807) is 0 Å². The van der Waals surface area contributed by atoms with Crippen molar-refractivity contribution in [3.63, 3.8) is 0 Å². The van der Waals surface area contributed by atoms with E-state index in [0.717, 1.165) is 19.5 Å². The van der Waals surface area contributed by atoms with Crippen LogP contribution in [0.15, 0.2) is 25.0 Å². The van der Waals surface area contributed by atoms with Gasteiger partial charge in [0.15, 0.2) is 0 Å². The first-order valence-electron chi connectivity index (χ1n) is 3.83. The van der Waals surface area contributed by atoms with Gasteiger partial charge in [0.2, 0.25) is 0 Å². The van der Waals surface area contributed by atoms with Crippen molar-refractivity contribution in [3.8, 4) is 0 Å². The van der Waals surface area contributed by atoms with Crippen LogP contribution in [-0.2, 0) is 0 Å². The molecular formula is C9H17NO. The van der Waals surface area contributed by atoms with E-state index in [0.29, 0.717) is 6.42 Å². The van der Waals surface area contributed by atoms with Gasteiger partial charge in [-0.05, 0) is 20.0 Å². The summed E-state index contributed by atoms with van der Waals surface area (Å²) < 4.78 is 0. The Kier molecular flexibility index (Phi) is 5.57. The van der Waals surface area contributed by atoms with E-state index < -0.39 is 0 Å². The van der Waals surface area contributed by atoms with E-state index in [-0.39, 0.29) is 5.76 Å². The molecule has 0 heterocycles. The Morgan fingerprint density at radius 3 is 2.73 bits per heavy atom. The summed E-state index contributed by atoms with van der Waals surface area (Å²) in [6.45, 7) is 8.93. The van der Waals surface area contributed by atoms with Crippen LogP contribution in [0.2, 0.25) is 0 Å². The first-order chi connectivity index (χ1) is 5.16. The van der Waals surface area contributed by atoms with Gasteiger partial charge in [0.1, 0.15) is 0 Å². The van der Waals surface area contributed by atoms with Gasteiger partial charge < -0.3 is 10.0 Å². The van der Waals surface area contributed by atoms with E-state index in [4.69, 9.17) is 5.11 Å². The van der Waals surface area contributed by atoms with Crippen LogP contribution in [0, 0.1) is 0 Å². The van der Waals surface area contributed by atoms with E-state index in [1.807, 2.05) is 13.1 Å². The standard InChI is InChI=1S/C9H17NO/c1-4-7-10(3)8-5-6-9(2)11/h4,11H,1-2,5-8H2,3H3. The van der Waals surface area contributed by atoms with Crippen LogP contribution in [0.4, 0.5) is 0 Å².